The van der Waals surface area contributed by atoms with Gasteiger partial charge < -0.3 is 20.1 Å². The van der Waals surface area contributed by atoms with Gasteiger partial charge in [0.2, 0.25) is 12.7 Å². The number of halogens is 1. The summed E-state index contributed by atoms with van der Waals surface area (Å²) in [5.41, 5.74) is 1.08. The molecule has 1 unspecified atom stereocenters. The third kappa shape index (κ3) is 4.61. The van der Waals surface area contributed by atoms with Crippen molar-refractivity contribution >= 4 is 21.8 Å². The van der Waals surface area contributed by atoms with Crippen LogP contribution in [0.2, 0.25) is 0 Å². The molecular weight excluding hydrogens is 336 g/mol. The highest BCUT2D eigenvalue weighted by Gasteiger charge is 2.16. The molecule has 1 aromatic rings. The van der Waals surface area contributed by atoms with E-state index in [4.69, 9.17) is 9.47 Å². The van der Waals surface area contributed by atoms with Crippen molar-refractivity contribution in [1.82, 2.24) is 10.6 Å². The number of fused-ring (bicyclic) bond motifs is 1. The lowest BCUT2D eigenvalue weighted by atomic mass is 10.2. The molecule has 0 spiro atoms. The molecule has 2 N–H and O–H groups in total. The van der Waals surface area contributed by atoms with Crippen LogP contribution in [0.5, 0.6) is 11.5 Å². The van der Waals surface area contributed by atoms with E-state index in [1.165, 1.54) is 0 Å². The van der Waals surface area contributed by atoms with Crippen molar-refractivity contribution in [1.29, 1.82) is 0 Å². The second kappa shape index (κ2) is 7.66. The van der Waals surface area contributed by atoms with E-state index in [0.717, 1.165) is 28.0 Å². The van der Waals surface area contributed by atoms with Gasteiger partial charge in [0.1, 0.15) is 0 Å². The first kappa shape index (κ1) is 16.1. The zero-order chi connectivity index (χ0) is 15.2. The van der Waals surface area contributed by atoms with Crippen molar-refractivity contribution in [3.63, 3.8) is 0 Å². The second-order valence-corrected chi connectivity index (χ2v) is 5.95. The Morgan fingerprint density at radius 3 is 2.81 bits per heavy atom. The highest BCUT2D eigenvalue weighted by Crippen LogP contribution is 2.36. The number of hydrogen-bond acceptors (Lipinski definition) is 4. The minimum atomic E-state index is 0.0848. The Kier molecular flexibility index (Phi) is 5.87. The van der Waals surface area contributed by atoms with Crippen molar-refractivity contribution in [3.8, 4) is 11.5 Å². The number of carbonyl (C=O) groups excluding carboxylic acids is 1. The van der Waals surface area contributed by atoms with Crippen molar-refractivity contribution in [2.75, 3.05) is 13.3 Å². The number of nitrogens with one attached hydrogen (secondary N) is 2. The van der Waals surface area contributed by atoms with E-state index in [9.17, 15) is 4.79 Å². The van der Waals surface area contributed by atoms with Gasteiger partial charge in [-0.05, 0) is 31.0 Å². The lowest BCUT2D eigenvalue weighted by molar-refractivity contribution is -0.121. The minimum absolute atomic E-state index is 0.0848. The van der Waals surface area contributed by atoms with Gasteiger partial charge in [-0.25, -0.2) is 0 Å². The van der Waals surface area contributed by atoms with Crippen LogP contribution in [0.15, 0.2) is 16.6 Å². The summed E-state index contributed by atoms with van der Waals surface area (Å²) in [5, 5.41) is 6.22. The van der Waals surface area contributed by atoms with Gasteiger partial charge in [0.25, 0.3) is 0 Å². The van der Waals surface area contributed by atoms with E-state index in [2.05, 4.69) is 33.5 Å². The zero-order valence-electron chi connectivity index (χ0n) is 12.4. The molecule has 0 bridgehead atoms. The maximum atomic E-state index is 11.6. The molecule has 0 radical (unpaired) electrons. The van der Waals surface area contributed by atoms with Gasteiger partial charge in [-0.15, -0.1) is 0 Å². The monoisotopic (exact) mass is 356 g/mol. The van der Waals surface area contributed by atoms with Crippen molar-refractivity contribution in [2.45, 2.75) is 39.3 Å². The van der Waals surface area contributed by atoms with Crippen molar-refractivity contribution < 1.29 is 14.3 Å². The van der Waals surface area contributed by atoms with E-state index in [0.29, 0.717) is 19.5 Å². The average Bonchev–Trinajstić information content (AvgIpc) is 2.90. The van der Waals surface area contributed by atoms with E-state index < -0.39 is 0 Å². The first-order chi connectivity index (χ1) is 10.1. The summed E-state index contributed by atoms with van der Waals surface area (Å²) in [6.07, 6.45) is 1.43. The van der Waals surface area contributed by atoms with E-state index in [1.807, 2.05) is 19.1 Å². The van der Waals surface area contributed by atoms with Gasteiger partial charge in [-0.3, -0.25) is 4.79 Å². The Labute approximate surface area is 133 Å². The highest BCUT2D eigenvalue weighted by molar-refractivity contribution is 9.10. The summed E-state index contributed by atoms with van der Waals surface area (Å²) in [6, 6.07) is 4.11. The van der Waals surface area contributed by atoms with Crippen LogP contribution in [0, 0.1) is 0 Å². The Bertz CT molecular complexity index is 508. The van der Waals surface area contributed by atoms with Gasteiger partial charge in [-0.1, -0.05) is 22.9 Å². The second-order valence-electron chi connectivity index (χ2n) is 5.10. The Morgan fingerprint density at radius 1 is 1.38 bits per heavy atom. The maximum Gasteiger partial charge on any atom is 0.231 e. The molecule has 1 aromatic carbocycles. The van der Waals surface area contributed by atoms with Crippen molar-refractivity contribution in [3.05, 3.63) is 22.2 Å². The number of benzene rings is 1. The van der Waals surface area contributed by atoms with Gasteiger partial charge >= 0.3 is 0 Å². The first-order valence-corrected chi connectivity index (χ1v) is 7.97. The molecule has 1 aliphatic rings. The Hall–Kier alpha value is -1.27. The van der Waals surface area contributed by atoms with Gasteiger partial charge in [0, 0.05) is 30.0 Å². The van der Waals surface area contributed by atoms with Crippen LogP contribution in [-0.4, -0.2) is 25.3 Å². The molecule has 0 saturated heterocycles. The molecule has 0 saturated carbocycles. The third-order valence-electron chi connectivity index (χ3n) is 3.41. The van der Waals surface area contributed by atoms with Crippen LogP contribution in [0.4, 0.5) is 0 Å². The molecule has 1 atom stereocenters. The summed E-state index contributed by atoms with van der Waals surface area (Å²) in [6.45, 7) is 5.65. The first-order valence-electron chi connectivity index (χ1n) is 7.18. The number of amides is 1. The third-order valence-corrected chi connectivity index (χ3v) is 4.14. The maximum absolute atomic E-state index is 11.6. The summed E-state index contributed by atoms with van der Waals surface area (Å²) < 4.78 is 11.6. The van der Waals surface area contributed by atoms with Crippen LogP contribution in [0.1, 0.15) is 32.3 Å². The number of rotatable bonds is 7. The molecule has 1 heterocycles. The molecule has 116 valence electrons. The molecule has 2 rings (SSSR count). The lowest BCUT2D eigenvalue weighted by Gasteiger charge is -2.12. The predicted octanol–water partition coefficient (Wildman–Crippen LogP) is 2.57. The standard InChI is InChI=1S/C15H21BrN2O3/c1-3-10(2)18-15(19)4-5-17-8-11-6-13-14(7-12(11)16)21-9-20-13/h6-7,10,17H,3-5,8-9H2,1-2H3,(H,18,19). The largest absolute Gasteiger partial charge is 0.454 e. The Balaban J connectivity index is 1.75. The molecule has 0 aliphatic carbocycles. The SMILES string of the molecule is CCC(C)NC(=O)CCNCc1cc2c(cc1Br)OCO2. The fraction of sp³-hybridized carbons (Fsp3) is 0.533. The molecule has 0 fully saturated rings. The zero-order valence-corrected chi connectivity index (χ0v) is 14.0. The normalized spacial score (nSPS) is 14.0. The van der Waals surface area contributed by atoms with Crippen molar-refractivity contribution in [2.24, 2.45) is 0 Å². The van der Waals surface area contributed by atoms with E-state index >= 15 is 0 Å². The van der Waals surface area contributed by atoms with Crippen LogP contribution >= 0.6 is 15.9 Å². The van der Waals surface area contributed by atoms with Gasteiger partial charge in [0.15, 0.2) is 11.5 Å². The summed E-state index contributed by atoms with van der Waals surface area (Å²) in [4.78, 5) is 11.6. The lowest BCUT2D eigenvalue weighted by Crippen LogP contribution is -2.33. The summed E-state index contributed by atoms with van der Waals surface area (Å²) >= 11 is 3.52. The summed E-state index contributed by atoms with van der Waals surface area (Å²) in [7, 11) is 0. The number of ether oxygens (including phenoxy) is 2. The van der Waals surface area contributed by atoms with Crippen LogP contribution in [-0.2, 0) is 11.3 Å². The average molecular weight is 357 g/mol. The topological polar surface area (TPSA) is 59.6 Å². The molecule has 21 heavy (non-hydrogen) atoms. The highest BCUT2D eigenvalue weighted by atomic mass is 79.9. The molecule has 0 aromatic heterocycles. The molecule has 1 amide bonds. The van der Waals surface area contributed by atoms with Gasteiger partial charge in [0.05, 0.1) is 0 Å². The molecular formula is C15H21BrN2O3. The number of hydrogen-bond donors (Lipinski definition) is 2. The van der Waals surface area contributed by atoms with Crippen LogP contribution in [0.3, 0.4) is 0 Å². The molecule has 6 heteroatoms. The predicted molar refractivity (Wildman–Crippen MR) is 84.5 cm³/mol. The van der Waals surface area contributed by atoms with Gasteiger partial charge in [-0.2, -0.15) is 0 Å². The smallest absolute Gasteiger partial charge is 0.231 e. The Morgan fingerprint density at radius 2 is 2.10 bits per heavy atom. The van der Waals surface area contributed by atoms with Crippen LogP contribution < -0.4 is 20.1 Å². The fourth-order valence-electron chi connectivity index (χ4n) is 1.97. The molecule has 5 nitrogen and oxygen atoms in total. The minimum Gasteiger partial charge on any atom is -0.454 e. The number of carbonyl (C=O) groups is 1. The van der Waals surface area contributed by atoms with E-state index in [-0.39, 0.29) is 18.7 Å². The summed E-state index contributed by atoms with van der Waals surface area (Å²) in [5.74, 6) is 1.62. The van der Waals surface area contributed by atoms with E-state index in [1.54, 1.807) is 0 Å². The van der Waals surface area contributed by atoms with Crippen LogP contribution in [0.25, 0.3) is 0 Å². The molecule has 1 aliphatic heterocycles. The quantitative estimate of drug-likeness (QED) is 0.737. The fourth-order valence-corrected chi connectivity index (χ4v) is 2.43.